The van der Waals surface area contributed by atoms with Crippen LogP contribution in [-0.2, 0) is 11.3 Å². The standard InChI is InChI=1S/C20H30N4O3/c1-14-8-10-24(11-9-14)18-7-2-15(12-21-18)13-22-20(27)23-17-5-3-16(4-6-17)19(25)26/h2,7,12,14,16-17H,3-6,8-11,13H2,1H3,(H,25,26)(H2,22,23,27). The number of hydrogen-bond acceptors (Lipinski definition) is 4. The molecule has 2 aliphatic rings. The number of amides is 2. The molecule has 0 atom stereocenters. The summed E-state index contributed by atoms with van der Waals surface area (Å²) in [6.07, 6.45) is 6.93. The van der Waals surface area contributed by atoms with E-state index in [1.807, 2.05) is 18.3 Å². The number of carbonyl (C=O) groups is 2. The molecule has 7 heteroatoms. The average molecular weight is 374 g/mol. The van der Waals surface area contributed by atoms with Gasteiger partial charge in [0.15, 0.2) is 0 Å². The van der Waals surface area contributed by atoms with Gasteiger partial charge in [-0.05, 0) is 56.1 Å². The second kappa shape index (κ2) is 9.06. The average Bonchev–Trinajstić information content (AvgIpc) is 2.68. The molecule has 2 fully saturated rings. The van der Waals surface area contributed by atoms with Crippen molar-refractivity contribution < 1.29 is 14.7 Å². The van der Waals surface area contributed by atoms with E-state index in [0.29, 0.717) is 19.4 Å². The number of pyridine rings is 1. The number of piperidine rings is 1. The third-order valence-corrected chi connectivity index (χ3v) is 5.78. The second-order valence-electron chi connectivity index (χ2n) is 7.91. The molecule has 7 nitrogen and oxygen atoms in total. The zero-order valence-corrected chi connectivity index (χ0v) is 16.0. The van der Waals surface area contributed by atoms with Crippen molar-refractivity contribution in [1.29, 1.82) is 0 Å². The van der Waals surface area contributed by atoms with Gasteiger partial charge in [-0.2, -0.15) is 0 Å². The molecule has 1 saturated carbocycles. The van der Waals surface area contributed by atoms with Crippen molar-refractivity contribution in [3.63, 3.8) is 0 Å². The van der Waals surface area contributed by atoms with Crippen LogP contribution in [-0.4, -0.2) is 41.2 Å². The number of carboxylic acid groups (broad SMARTS) is 1. The molecule has 3 rings (SSSR count). The number of aliphatic carboxylic acids is 1. The summed E-state index contributed by atoms with van der Waals surface area (Å²) in [6.45, 7) is 4.83. The third-order valence-electron chi connectivity index (χ3n) is 5.78. The van der Waals surface area contributed by atoms with Crippen LogP contribution < -0.4 is 15.5 Å². The molecule has 0 spiro atoms. The SMILES string of the molecule is CC1CCN(c2ccc(CNC(=O)NC3CCC(C(=O)O)CC3)cn2)CC1. The van der Waals surface area contributed by atoms with Crippen LogP contribution in [0, 0.1) is 11.8 Å². The minimum atomic E-state index is -0.729. The molecular weight excluding hydrogens is 344 g/mol. The largest absolute Gasteiger partial charge is 0.481 e. The van der Waals surface area contributed by atoms with Gasteiger partial charge in [-0.25, -0.2) is 9.78 Å². The number of carboxylic acids is 1. The van der Waals surface area contributed by atoms with E-state index in [-0.39, 0.29) is 18.0 Å². The molecule has 1 aromatic heterocycles. The molecule has 0 bridgehead atoms. The summed E-state index contributed by atoms with van der Waals surface area (Å²) in [5.41, 5.74) is 0.967. The maximum Gasteiger partial charge on any atom is 0.315 e. The van der Waals surface area contributed by atoms with Crippen molar-refractivity contribution >= 4 is 17.8 Å². The van der Waals surface area contributed by atoms with E-state index in [0.717, 1.165) is 43.2 Å². The smallest absolute Gasteiger partial charge is 0.315 e. The van der Waals surface area contributed by atoms with Gasteiger partial charge in [-0.15, -0.1) is 0 Å². The number of carbonyl (C=O) groups excluding carboxylic acids is 1. The van der Waals surface area contributed by atoms with Gasteiger partial charge in [-0.1, -0.05) is 13.0 Å². The zero-order valence-electron chi connectivity index (χ0n) is 16.0. The fourth-order valence-electron chi connectivity index (χ4n) is 3.85. The first kappa shape index (κ1) is 19.5. The summed E-state index contributed by atoms with van der Waals surface area (Å²) in [7, 11) is 0. The number of nitrogens with one attached hydrogen (secondary N) is 2. The van der Waals surface area contributed by atoms with Gasteiger partial charge in [0.1, 0.15) is 5.82 Å². The van der Waals surface area contributed by atoms with E-state index in [1.165, 1.54) is 12.8 Å². The van der Waals surface area contributed by atoms with Crippen molar-refractivity contribution in [2.24, 2.45) is 11.8 Å². The topological polar surface area (TPSA) is 94.6 Å². The maximum atomic E-state index is 12.1. The van der Waals surface area contributed by atoms with Gasteiger partial charge in [0.25, 0.3) is 0 Å². The summed E-state index contributed by atoms with van der Waals surface area (Å²) < 4.78 is 0. The zero-order chi connectivity index (χ0) is 19.2. The Hall–Kier alpha value is -2.31. The van der Waals surface area contributed by atoms with E-state index in [4.69, 9.17) is 5.11 Å². The summed E-state index contributed by atoms with van der Waals surface area (Å²) in [4.78, 5) is 29.9. The number of anilines is 1. The quantitative estimate of drug-likeness (QED) is 0.737. The number of aromatic nitrogens is 1. The molecule has 3 N–H and O–H groups in total. The molecular formula is C20H30N4O3. The third kappa shape index (κ3) is 5.58. The van der Waals surface area contributed by atoms with Crippen LogP contribution in [0.25, 0.3) is 0 Å². The van der Waals surface area contributed by atoms with E-state index >= 15 is 0 Å². The molecule has 2 amide bonds. The highest BCUT2D eigenvalue weighted by atomic mass is 16.4. The van der Waals surface area contributed by atoms with Gasteiger partial charge < -0.3 is 20.6 Å². The van der Waals surface area contributed by atoms with Gasteiger partial charge in [0.05, 0.1) is 5.92 Å². The van der Waals surface area contributed by atoms with Crippen molar-refractivity contribution in [2.75, 3.05) is 18.0 Å². The van der Waals surface area contributed by atoms with Gasteiger partial charge in [0, 0.05) is 31.9 Å². The van der Waals surface area contributed by atoms with Crippen LogP contribution in [0.4, 0.5) is 10.6 Å². The van der Waals surface area contributed by atoms with Crippen LogP contribution >= 0.6 is 0 Å². The van der Waals surface area contributed by atoms with E-state index in [2.05, 4.69) is 27.4 Å². The number of rotatable bonds is 5. The summed E-state index contributed by atoms with van der Waals surface area (Å²) in [6, 6.07) is 3.89. The molecule has 1 aromatic rings. The van der Waals surface area contributed by atoms with Crippen molar-refractivity contribution in [3.8, 4) is 0 Å². The van der Waals surface area contributed by atoms with E-state index in [1.54, 1.807) is 0 Å². The van der Waals surface area contributed by atoms with Crippen molar-refractivity contribution in [1.82, 2.24) is 15.6 Å². The maximum absolute atomic E-state index is 12.1. The van der Waals surface area contributed by atoms with E-state index < -0.39 is 5.97 Å². The summed E-state index contributed by atoms with van der Waals surface area (Å²) in [5, 5.41) is 14.8. The minimum Gasteiger partial charge on any atom is -0.481 e. The van der Waals surface area contributed by atoms with E-state index in [9.17, 15) is 9.59 Å². The van der Waals surface area contributed by atoms with Crippen LogP contribution in [0.2, 0.25) is 0 Å². The summed E-state index contributed by atoms with van der Waals surface area (Å²) in [5.74, 6) is 0.805. The Morgan fingerprint density at radius 1 is 1.15 bits per heavy atom. The Bertz CT molecular complexity index is 633. The van der Waals surface area contributed by atoms with Gasteiger partial charge in [0.2, 0.25) is 0 Å². The Morgan fingerprint density at radius 3 is 2.44 bits per heavy atom. The van der Waals surface area contributed by atoms with Crippen LogP contribution in [0.15, 0.2) is 18.3 Å². The fourth-order valence-corrected chi connectivity index (χ4v) is 3.85. The second-order valence-corrected chi connectivity index (χ2v) is 7.91. The highest BCUT2D eigenvalue weighted by Gasteiger charge is 2.26. The monoisotopic (exact) mass is 374 g/mol. The first-order chi connectivity index (χ1) is 13.0. The molecule has 0 aromatic carbocycles. The van der Waals surface area contributed by atoms with Gasteiger partial charge >= 0.3 is 12.0 Å². The number of urea groups is 1. The first-order valence-electron chi connectivity index (χ1n) is 9.98. The normalized spacial score (nSPS) is 23.7. The van der Waals surface area contributed by atoms with Crippen molar-refractivity contribution in [3.05, 3.63) is 23.9 Å². The molecule has 1 aliphatic heterocycles. The predicted molar refractivity (Wildman–Crippen MR) is 104 cm³/mol. The van der Waals surface area contributed by atoms with Crippen LogP contribution in [0.1, 0.15) is 51.0 Å². The lowest BCUT2D eigenvalue weighted by atomic mass is 9.86. The molecule has 1 aliphatic carbocycles. The summed E-state index contributed by atoms with van der Waals surface area (Å²) >= 11 is 0. The molecule has 1 saturated heterocycles. The molecule has 0 radical (unpaired) electrons. The Balaban J connectivity index is 1.39. The number of nitrogens with zero attached hydrogens (tertiary/aromatic N) is 2. The first-order valence-corrected chi connectivity index (χ1v) is 9.98. The lowest BCUT2D eigenvalue weighted by Gasteiger charge is -2.31. The highest BCUT2D eigenvalue weighted by Crippen LogP contribution is 2.24. The number of hydrogen-bond donors (Lipinski definition) is 3. The highest BCUT2D eigenvalue weighted by molar-refractivity contribution is 5.74. The van der Waals surface area contributed by atoms with Gasteiger partial charge in [-0.3, -0.25) is 4.79 Å². The lowest BCUT2D eigenvalue weighted by Crippen LogP contribution is -2.43. The Kier molecular flexibility index (Phi) is 6.53. The molecule has 148 valence electrons. The van der Waals surface area contributed by atoms with Crippen LogP contribution in [0.3, 0.4) is 0 Å². The molecule has 27 heavy (non-hydrogen) atoms. The fraction of sp³-hybridized carbons (Fsp3) is 0.650. The Morgan fingerprint density at radius 2 is 1.85 bits per heavy atom. The Labute approximate surface area is 160 Å². The molecule has 2 heterocycles. The predicted octanol–water partition coefficient (Wildman–Crippen LogP) is 2.76. The lowest BCUT2D eigenvalue weighted by molar-refractivity contribution is -0.142. The molecule has 0 unspecified atom stereocenters. The minimum absolute atomic E-state index is 0.0580. The van der Waals surface area contributed by atoms with Crippen molar-refractivity contribution in [2.45, 2.75) is 58.0 Å². The van der Waals surface area contributed by atoms with Crippen LogP contribution in [0.5, 0.6) is 0 Å².